The summed E-state index contributed by atoms with van der Waals surface area (Å²) in [7, 11) is 1.68. The van der Waals surface area contributed by atoms with Gasteiger partial charge in [0.2, 0.25) is 5.91 Å². The largest absolute Gasteiger partial charge is 0.497 e. The number of ether oxygens (including phenoxy) is 1. The molecule has 3 heterocycles. The van der Waals surface area contributed by atoms with E-state index in [9.17, 15) is 4.79 Å². The van der Waals surface area contributed by atoms with Crippen molar-refractivity contribution >= 4 is 5.91 Å². The zero-order valence-corrected chi connectivity index (χ0v) is 16.6. The maximum Gasteiger partial charge on any atom is 0.223 e. The van der Waals surface area contributed by atoms with Gasteiger partial charge in [0.1, 0.15) is 11.5 Å². The van der Waals surface area contributed by atoms with E-state index in [4.69, 9.17) is 9.15 Å². The number of carbonyl (C=O) groups is 1. The quantitative estimate of drug-likeness (QED) is 0.667. The van der Waals surface area contributed by atoms with Crippen LogP contribution in [0.1, 0.15) is 24.2 Å². The van der Waals surface area contributed by atoms with E-state index in [0.29, 0.717) is 6.54 Å². The van der Waals surface area contributed by atoms with Crippen LogP contribution >= 0.6 is 0 Å². The Bertz CT molecular complexity index is 914. The van der Waals surface area contributed by atoms with Crippen molar-refractivity contribution in [2.45, 2.75) is 25.9 Å². The minimum Gasteiger partial charge on any atom is -0.497 e. The van der Waals surface area contributed by atoms with Crippen molar-refractivity contribution < 1.29 is 13.9 Å². The molecule has 1 fully saturated rings. The van der Waals surface area contributed by atoms with Crippen LogP contribution in [0.25, 0.3) is 5.69 Å². The number of hydrogen-bond donors (Lipinski definition) is 1. The summed E-state index contributed by atoms with van der Waals surface area (Å²) in [6.45, 7) is 3.01. The number of rotatable bonds is 7. The average molecular weight is 394 g/mol. The lowest BCUT2D eigenvalue weighted by molar-refractivity contribution is -0.126. The third-order valence-electron chi connectivity index (χ3n) is 5.41. The number of methoxy groups -OCH3 is 1. The van der Waals surface area contributed by atoms with Crippen LogP contribution in [0, 0.1) is 5.92 Å². The lowest BCUT2D eigenvalue weighted by Crippen LogP contribution is -2.40. The molecule has 0 atom stereocenters. The Kier molecular flexibility index (Phi) is 5.95. The summed E-state index contributed by atoms with van der Waals surface area (Å²) in [5.41, 5.74) is 2.21. The van der Waals surface area contributed by atoms with E-state index < -0.39 is 0 Å². The topological polar surface area (TPSA) is 72.5 Å². The summed E-state index contributed by atoms with van der Waals surface area (Å²) in [6, 6.07) is 11.7. The predicted molar refractivity (Wildman–Crippen MR) is 109 cm³/mol. The molecule has 0 saturated carbocycles. The molecule has 0 radical (unpaired) electrons. The fraction of sp³-hybridized carbons (Fsp3) is 0.364. The molecule has 1 saturated heterocycles. The Balaban J connectivity index is 1.35. The molecule has 152 valence electrons. The van der Waals surface area contributed by atoms with Crippen molar-refractivity contribution in [3.63, 3.8) is 0 Å². The zero-order valence-electron chi connectivity index (χ0n) is 16.6. The van der Waals surface area contributed by atoms with E-state index in [1.54, 1.807) is 19.6 Å². The Morgan fingerprint density at radius 1 is 1.28 bits per heavy atom. The van der Waals surface area contributed by atoms with E-state index in [-0.39, 0.29) is 11.8 Å². The first-order valence-corrected chi connectivity index (χ1v) is 9.92. The summed E-state index contributed by atoms with van der Waals surface area (Å²) in [5, 5.41) is 7.35. The molecule has 1 aliphatic heterocycles. The van der Waals surface area contributed by atoms with Gasteiger partial charge in [-0.3, -0.25) is 9.69 Å². The molecule has 1 amide bonds. The van der Waals surface area contributed by atoms with Crippen LogP contribution in [0.3, 0.4) is 0 Å². The van der Waals surface area contributed by atoms with Gasteiger partial charge in [-0.15, -0.1) is 0 Å². The van der Waals surface area contributed by atoms with Crippen molar-refractivity contribution in [1.29, 1.82) is 0 Å². The number of hydrogen-bond acceptors (Lipinski definition) is 5. The van der Waals surface area contributed by atoms with E-state index >= 15 is 0 Å². The highest BCUT2D eigenvalue weighted by molar-refractivity contribution is 5.78. The van der Waals surface area contributed by atoms with E-state index in [1.807, 2.05) is 41.2 Å². The third-order valence-corrected chi connectivity index (χ3v) is 5.41. The summed E-state index contributed by atoms with van der Waals surface area (Å²) >= 11 is 0. The van der Waals surface area contributed by atoms with E-state index in [2.05, 4.69) is 21.4 Å². The lowest BCUT2D eigenvalue weighted by atomic mass is 9.95. The van der Waals surface area contributed by atoms with Gasteiger partial charge in [0.15, 0.2) is 0 Å². The van der Waals surface area contributed by atoms with Gasteiger partial charge in [0.25, 0.3) is 0 Å². The number of nitrogens with zero attached hydrogens (tertiary/aromatic N) is 3. The smallest absolute Gasteiger partial charge is 0.223 e. The zero-order chi connectivity index (χ0) is 20.1. The van der Waals surface area contributed by atoms with Gasteiger partial charge in [-0.05, 0) is 67.9 Å². The van der Waals surface area contributed by atoms with Crippen LogP contribution in [0.15, 0.2) is 59.5 Å². The van der Waals surface area contributed by atoms with Gasteiger partial charge in [-0.2, -0.15) is 5.10 Å². The molecule has 7 nitrogen and oxygen atoms in total. The number of furan rings is 1. The highest BCUT2D eigenvalue weighted by atomic mass is 16.5. The van der Waals surface area contributed by atoms with Gasteiger partial charge in [-0.1, -0.05) is 0 Å². The molecule has 29 heavy (non-hydrogen) atoms. The van der Waals surface area contributed by atoms with Crippen molar-refractivity contribution in [2.24, 2.45) is 5.92 Å². The van der Waals surface area contributed by atoms with E-state index in [1.165, 1.54) is 0 Å². The predicted octanol–water partition coefficient (Wildman–Crippen LogP) is 3.00. The molecule has 0 aliphatic carbocycles. The fourth-order valence-electron chi connectivity index (χ4n) is 3.78. The molecule has 0 unspecified atom stereocenters. The van der Waals surface area contributed by atoms with Crippen LogP contribution in [0.4, 0.5) is 0 Å². The average Bonchev–Trinajstić information content (AvgIpc) is 3.47. The first kappa shape index (κ1) is 19.3. The molecule has 4 rings (SSSR count). The van der Waals surface area contributed by atoms with Gasteiger partial charge in [-0.25, -0.2) is 4.68 Å². The number of benzene rings is 1. The standard InChI is InChI=1S/C22H26N4O3/c1-28-19-5-6-21(26-10-3-9-24-26)18(14-19)16-25-11-7-17(8-12-25)22(27)23-15-20-4-2-13-29-20/h2-6,9-10,13-14,17H,7-8,11-12,15-16H2,1H3,(H,23,27). The summed E-state index contributed by atoms with van der Waals surface area (Å²) < 4.78 is 12.6. The van der Waals surface area contributed by atoms with Crippen molar-refractivity contribution in [2.75, 3.05) is 20.2 Å². The number of nitrogens with one attached hydrogen (secondary N) is 1. The second-order valence-electron chi connectivity index (χ2n) is 7.29. The van der Waals surface area contributed by atoms with Crippen molar-refractivity contribution in [3.05, 3.63) is 66.4 Å². The van der Waals surface area contributed by atoms with Crippen LogP contribution in [0.2, 0.25) is 0 Å². The highest BCUT2D eigenvalue weighted by Crippen LogP contribution is 2.25. The molecular formula is C22H26N4O3. The fourth-order valence-corrected chi connectivity index (χ4v) is 3.78. The first-order chi connectivity index (χ1) is 14.2. The number of carbonyl (C=O) groups excluding carboxylic acids is 1. The minimum atomic E-state index is 0.0529. The van der Waals surface area contributed by atoms with Crippen LogP contribution in [-0.2, 0) is 17.9 Å². The maximum absolute atomic E-state index is 12.5. The monoisotopic (exact) mass is 394 g/mol. The molecule has 2 aromatic heterocycles. The third kappa shape index (κ3) is 4.68. The molecule has 1 aliphatic rings. The SMILES string of the molecule is COc1ccc(-n2cccn2)c(CN2CCC(C(=O)NCc3ccco3)CC2)c1. The molecular weight excluding hydrogens is 368 g/mol. The van der Waals surface area contributed by atoms with Gasteiger partial charge >= 0.3 is 0 Å². The highest BCUT2D eigenvalue weighted by Gasteiger charge is 2.25. The summed E-state index contributed by atoms with van der Waals surface area (Å²) in [5.74, 6) is 1.78. The first-order valence-electron chi connectivity index (χ1n) is 9.92. The second kappa shape index (κ2) is 8.96. The number of amides is 1. The van der Waals surface area contributed by atoms with Gasteiger partial charge in [0, 0.05) is 24.9 Å². The van der Waals surface area contributed by atoms with Gasteiger partial charge < -0.3 is 14.5 Å². The van der Waals surface area contributed by atoms with Crippen molar-refractivity contribution in [3.8, 4) is 11.4 Å². The number of aromatic nitrogens is 2. The molecule has 0 spiro atoms. The maximum atomic E-state index is 12.5. The van der Waals surface area contributed by atoms with Crippen LogP contribution in [-0.4, -0.2) is 40.8 Å². The Labute approximate surface area is 170 Å². The molecule has 0 bridgehead atoms. The second-order valence-corrected chi connectivity index (χ2v) is 7.29. The van der Waals surface area contributed by atoms with Crippen LogP contribution < -0.4 is 10.1 Å². The Morgan fingerprint density at radius 3 is 2.83 bits per heavy atom. The summed E-state index contributed by atoms with van der Waals surface area (Å²) in [6.07, 6.45) is 7.05. The molecule has 7 heteroatoms. The normalized spacial score (nSPS) is 15.3. The number of piperidine rings is 1. The summed E-state index contributed by atoms with van der Waals surface area (Å²) in [4.78, 5) is 14.8. The molecule has 3 aromatic rings. The minimum absolute atomic E-state index is 0.0529. The molecule has 1 aromatic carbocycles. The Morgan fingerprint density at radius 2 is 2.14 bits per heavy atom. The van der Waals surface area contributed by atoms with Crippen molar-refractivity contribution in [1.82, 2.24) is 20.0 Å². The van der Waals surface area contributed by atoms with Gasteiger partial charge in [0.05, 0.1) is 25.6 Å². The van der Waals surface area contributed by atoms with E-state index in [0.717, 1.165) is 55.2 Å². The van der Waals surface area contributed by atoms with Crippen LogP contribution in [0.5, 0.6) is 5.75 Å². The number of likely N-dealkylation sites (tertiary alicyclic amines) is 1. The lowest BCUT2D eigenvalue weighted by Gasteiger charge is -2.31. The molecule has 1 N–H and O–H groups in total. The Hall–Kier alpha value is -3.06.